The first kappa shape index (κ1) is 35.3. The van der Waals surface area contributed by atoms with Crippen LogP contribution in [0, 0.1) is 11.3 Å². The molecule has 1 aliphatic carbocycles. The van der Waals surface area contributed by atoms with E-state index in [1.54, 1.807) is 41.4 Å². The standard InChI is InChI=1S/C39H42ClN7O5/c40-33-11-9-30(23-26(33)24-41)52-29-7-5-27(6-8-29)43-38(49)34-12-10-31(25-42-34)51-22-2-17-45-18-13-28(14-19-45)46-20-15-32-35(46)3-1-4-36(32)47-21-16-37(48)44-39(47)50/h1,3-4,9-12,15,20,23,25,27-29H,2,5-8,13-14,16-19,21-22H2,(H,43,49)(H,44,48,50)/t27-,29-. The van der Waals surface area contributed by atoms with E-state index in [0.717, 1.165) is 81.2 Å². The summed E-state index contributed by atoms with van der Waals surface area (Å²) >= 11 is 6.03. The number of ether oxygens (including phenoxy) is 2. The summed E-state index contributed by atoms with van der Waals surface area (Å²) in [6.07, 6.45) is 10.2. The molecule has 52 heavy (non-hydrogen) atoms. The SMILES string of the molecule is N#Cc1cc(O[C@H]2CC[C@H](NC(=O)c3ccc(OCCCN4CCC(n5ccc6c(N7CCC(=O)NC7=O)cccc65)CC4)cn3)CC2)ccc1Cl. The number of anilines is 1. The van der Waals surface area contributed by atoms with E-state index in [1.807, 2.05) is 12.1 Å². The number of imide groups is 1. The van der Waals surface area contributed by atoms with Gasteiger partial charge < -0.3 is 24.3 Å². The van der Waals surface area contributed by atoms with Crippen LogP contribution in [0.5, 0.6) is 11.5 Å². The van der Waals surface area contributed by atoms with Crippen molar-refractivity contribution >= 4 is 46.0 Å². The van der Waals surface area contributed by atoms with Crippen LogP contribution in [0.1, 0.15) is 73.5 Å². The first-order chi connectivity index (χ1) is 25.3. The number of fused-ring (bicyclic) bond motifs is 1. The van der Waals surface area contributed by atoms with Gasteiger partial charge in [0.15, 0.2) is 0 Å². The van der Waals surface area contributed by atoms with E-state index in [2.05, 4.69) is 49.5 Å². The summed E-state index contributed by atoms with van der Waals surface area (Å²) in [5.41, 5.74) is 2.69. The van der Waals surface area contributed by atoms with Crippen LogP contribution in [0.4, 0.5) is 10.5 Å². The summed E-state index contributed by atoms with van der Waals surface area (Å²) in [6.45, 7) is 3.87. The van der Waals surface area contributed by atoms with Crippen LogP contribution in [0.25, 0.3) is 10.9 Å². The Morgan fingerprint density at radius 1 is 1.00 bits per heavy atom. The third kappa shape index (κ3) is 8.16. The third-order valence-electron chi connectivity index (χ3n) is 10.3. The van der Waals surface area contributed by atoms with Gasteiger partial charge in [0.25, 0.3) is 5.91 Å². The second-order valence-electron chi connectivity index (χ2n) is 13.7. The zero-order valence-electron chi connectivity index (χ0n) is 28.9. The number of carbonyl (C=O) groups is 3. The Labute approximate surface area is 307 Å². The number of rotatable bonds is 11. The van der Waals surface area contributed by atoms with Gasteiger partial charge in [0.1, 0.15) is 23.3 Å². The number of amides is 4. The van der Waals surface area contributed by atoms with Crippen molar-refractivity contribution in [2.24, 2.45) is 0 Å². The Kier molecular flexibility index (Phi) is 10.9. The number of pyridine rings is 1. The van der Waals surface area contributed by atoms with Crippen molar-refractivity contribution in [1.29, 1.82) is 5.26 Å². The fourth-order valence-corrected chi connectivity index (χ4v) is 7.62. The molecule has 0 spiro atoms. The van der Waals surface area contributed by atoms with Gasteiger partial charge in [-0.1, -0.05) is 17.7 Å². The maximum Gasteiger partial charge on any atom is 0.328 e. The topological polar surface area (TPSA) is 142 Å². The number of carbonyl (C=O) groups excluding carboxylic acids is 3. The predicted molar refractivity (Wildman–Crippen MR) is 197 cm³/mol. The highest BCUT2D eigenvalue weighted by Gasteiger charge is 2.28. The molecule has 7 rings (SSSR count). The summed E-state index contributed by atoms with van der Waals surface area (Å²) in [7, 11) is 0. The molecule has 0 unspecified atom stereocenters. The molecule has 0 bridgehead atoms. The molecule has 2 N–H and O–H groups in total. The maximum absolute atomic E-state index is 12.9. The number of nitrogens with one attached hydrogen (secondary N) is 2. The van der Waals surface area contributed by atoms with Crippen LogP contribution in [-0.2, 0) is 4.79 Å². The van der Waals surface area contributed by atoms with Crippen molar-refractivity contribution < 1.29 is 23.9 Å². The molecule has 4 amide bonds. The second-order valence-corrected chi connectivity index (χ2v) is 14.1. The lowest BCUT2D eigenvalue weighted by Crippen LogP contribution is -2.49. The Morgan fingerprint density at radius 2 is 1.81 bits per heavy atom. The van der Waals surface area contributed by atoms with Gasteiger partial charge in [-0.15, -0.1) is 0 Å². The highest BCUT2D eigenvalue weighted by atomic mass is 35.5. The first-order valence-corrected chi connectivity index (χ1v) is 18.4. The minimum absolute atomic E-state index is 0.0233. The quantitative estimate of drug-likeness (QED) is 0.174. The summed E-state index contributed by atoms with van der Waals surface area (Å²) in [5.74, 6) is 0.842. The highest BCUT2D eigenvalue weighted by Crippen LogP contribution is 2.34. The van der Waals surface area contributed by atoms with E-state index < -0.39 is 0 Å². The Balaban J connectivity index is 0.806. The van der Waals surface area contributed by atoms with E-state index >= 15 is 0 Å². The molecule has 2 saturated heterocycles. The largest absolute Gasteiger partial charge is 0.492 e. The maximum atomic E-state index is 12.9. The zero-order chi connectivity index (χ0) is 36.0. The van der Waals surface area contributed by atoms with Crippen molar-refractivity contribution in [2.45, 2.75) is 69.6 Å². The van der Waals surface area contributed by atoms with Crippen LogP contribution in [-0.4, -0.2) is 77.2 Å². The van der Waals surface area contributed by atoms with Crippen molar-refractivity contribution in [3.8, 4) is 17.6 Å². The molecular weight excluding hydrogens is 682 g/mol. The fraction of sp³-hybridized carbons (Fsp3) is 0.410. The number of aromatic nitrogens is 2. The number of piperidine rings is 1. The molecule has 3 aliphatic rings. The molecule has 2 aliphatic heterocycles. The van der Waals surface area contributed by atoms with Gasteiger partial charge in [0.05, 0.1) is 40.7 Å². The molecule has 3 fully saturated rings. The minimum Gasteiger partial charge on any atom is -0.492 e. The zero-order valence-corrected chi connectivity index (χ0v) is 29.7. The molecule has 2 aromatic carbocycles. The van der Waals surface area contributed by atoms with Gasteiger partial charge in [-0.05, 0) is 93.5 Å². The van der Waals surface area contributed by atoms with Crippen molar-refractivity contribution in [3.63, 3.8) is 0 Å². The molecule has 270 valence electrons. The molecule has 0 atom stereocenters. The summed E-state index contributed by atoms with van der Waals surface area (Å²) < 4.78 is 14.3. The normalized spacial score (nSPS) is 20.0. The minimum atomic E-state index is -0.365. The monoisotopic (exact) mass is 723 g/mol. The average Bonchev–Trinajstić information content (AvgIpc) is 3.60. The number of nitriles is 1. The highest BCUT2D eigenvalue weighted by molar-refractivity contribution is 6.31. The molecule has 4 aromatic rings. The van der Waals surface area contributed by atoms with Crippen molar-refractivity contribution in [1.82, 2.24) is 25.1 Å². The summed E-state index contributed by atoms with van der Waals surface area (Å²) in [5, 5.41) is 16.2. The lowest BCUT2D eigenvalue weighted by Gasteiger charge is -2.33. The van der Waals surface area contributed by atoms with Gasteiger partial charge in [-0.2, -0.15) is 5.26 Å². The molecule has 0 radical (unpaired) electrons. The molecule has 13 heteroatoms. The van der Waals surface area contributed by atoms with Crippen molar-refractivity contribution in [2.75, 3.05) is 37.7 Å². The van der Waals surface area contributed by atoms with Gasteiger partial charge in [-0.25, -0.2) is 9.78 Å². The Hall–Kier alpha value is -5.12. The summed E-state index contributed by atoms with van der Waals surface area (Å²) in [6, 6.07) is 18.8. The van der Waals surface area contributed by atoms with Gasteiger partial charge in [-0.3, -0.25) is 19.8 Å². The van der Waals surface area contributed by atoms with Crippen LogP contribution in [0.2, 0.25) is 5.02 Å². The van der Waals surface area contributed by atoms with Gasteiger partial charge >= 0.3 is 6.03 Å². The lowest BCUT2D eigenvalue weighted by molar-refractivity contribution is -0.120. The van der Waals surface area contributed by atoms with E-state index in [9.17, 15) is 19.6 Å². The Bertz CT molecular complexity index is 1960. The van der Waals surface area contributed by atoms with E-state index in [-0.39, 0.29) is 30.0 Å². The van der Waals surface area contributed by atoms with Crippen LogP contribution in [0.3, 0.4) is 0 Å². The second kappa shape index (κ2) is 16.0. The van der Waals surface area contributed by atoms with Crippen molar-refractivity contribution in [3.05, 3.63) is 83.3 Å². The molecule has 4 heterocycles. The smallest absolute Gasteiger partial charge is 0.328 e. The number of hydrogen-bond acceptors (Lipinski definition) is 8. The van der Waals surface area contributed by atoms with E-state index in [4.69, 9.17) is 21.1 Å². The first-order valence-electron chi connectivity index (χ1n) is 18.0. The summed E-state index contributed by atoms with van der Waals surface area (Å²) in [4.78, 5) is 45.5. The Morgan fingerprint density at radius 3 is 2.56 bits per heavy atom. The fourth-order valence-electron chi connectivity index (χ4n) is 7.46. The van der Waals surface area contributed by atoms with Gasteiger partial charge in [0.2, 0.25) is 5.91 Å². The molecule has 2 aromatic heterocycles. The number of nitrogens with zero attached hydrogens (tertiary/aromatic N) is 5. The molecule has 1 saturated carbocycles. The molecule has 12 nitrogen and oxygen atoms in total. The van der Waals surface area contributed by atoms with E-state index in [1.165, 1.54) is 0 Å². The lowest BCUT2D eigenvalue weighted by atomic mass is 9.92. The average molecular weight is 724 g/mol. The predicted octanol–water partition coefficient (Wildman–Crippen LogP) is 6.23. The molecular formula is C39H42ClN7O5. The van der Waals surface area contributed by atoms with Crippen LogP contribution < -0.4 is 25.0 Å². The van der Waals surface area contributed by atoms with E-state index in [0.29, 0.717) is 53.4 Å². The van der Waals surface area contributed by atoms with Crippen LogP contribution >= 0.6 is 11.6 Å². The number of halogens is 1. The number of likely N-dealkylation sites (tertiary alicyclic amines) is 1. The number of urea groups is 1. The van der Waals surface area contributed by atoms with Crippen LogP contribution in [0.15, 0.2) is 67.0 Å². The number of benzene rings is 2. The third-order valence-corrected chi connectivity index (χ3v) is 10.6. The van der Waals surface area contributed by atoms with Gasteiger partial charge in [0, 0.05) is 56.3 Å². The number of hydrogen-bond donors (Lipinski definition) is 2.